The number of benzene rings is 9. The maximum atomic E-state index is 12.5. The summed E-state index contributed by atoms with van der Waals surface area (Å²) in [6.07, 6.45) is 2.02. The summed E-state index contributed by atoms with van der Waals surface area (Å²) in [5.74, 6) is 0.943. The van der Waals surface area contributed by atoms with Crippen LogP contribution in [0.3, 0.4) is 0 Å². The minimum Gasteiger partial charge on any atom is -0.507 e. The van der Waals surface area contributed by atoms with Gasteiger partial charge < -0.3 is 5.11 Å². The molecule has 0 radical (unpaired) electrons. The van der Waals surface area contributed by atoms with Crippen molar-refractivity contribution in [2.24, 2.45) is 0 Å². The summed E-state index contributed by atoms with van der Waals surface area (Å²) in [7, 11) is 0. The van der Waals surface area contributed by atoms with Gasteiger partial charge in [0.15, 0.2) is 0 Å². The van der Waals surface area contributed by atoms with Crippen molar-refractivity contribution in [3.8, 4) is 45.1 Å². The monoisotopic (exact) mass is 877 g/mol. The maximum absolute atomic E-state index is 12.5. The van der Waals surface area contributed by atoms with Crippen LogP contribution in [0.15, 0.2) is 194 Å². The zero-order chi connectivity index (χ0) is 46.5. The molecule has 0 atom stereocenters. The second kappa shape index (κ2) is 15.5. The van der Waals surface area contributed by atoms with Crippen molar-refractivity contribution in [2.45, 2.75) is 52.4 Å². The standard InChI is InChI=1S/C64H51N3O/c1-63(2,3)47-35-56(61(68)57(36-47)64(4,5)6)62-66-60-52(25-14-26-59(60)67(62)48-29-27-40(28-30-48)39-15-8-7-9-16-39)55-34-46-33-54-50(23-13-24-51(54)55)44-20-11-18-42(32-44)41-17-10-19-43(31-41)49-22-12-21-45-38-65-58(46)37-53(45)49/h7-38,68H,1-6H3. The summed E-state index contributed by atoms with van der Waals surface area (Å²) in [6.45, 7) is 13.2. The van der Waals surface area contributed by atoms with Gasteiger partial charge in [-0.05, 0) is 136 Å². The van der Waals surface area contributed by atoms with E-state index in [1.54, 1.807) is 0 Å². The van der Waals surface area contributed by atoms with Crippen LogP contribution in [0.5, 0.6) is 5.75 Å². The molecule has 2 heterocycles. The predicted molar refractivity (Wildman–Crippen MR) is 288 cm³/mol. The summed E-state index contributed by atoms with van der Waals surface area (Å²) in [5, 5.41) is 25.0. The fourth-order valence-corrected chi connectivity index (χ4v) is 10.3. The van der Waals surface area contributed by atoms with Crippen molar-refractivity contribution in [1.29, 1.82) is 0 Å². The lowest BCUT2D eigenvalue weighted by Gasteiger charge is -2.27. The summed E-state index contributed by atoms with van der Waals surface area (Å²) < 4.78 is 2.24. The number of hydrogen-bond donors (Lipinski definition) is 1. The van der Waals surface area contributed by atoms with E-state index >= 15 is 0 Å². The van der Waals surface area contributed by atoms with Crippen LogP contribution in [0.25, 0.3) is 115 Å². The number of rotatable bonds is 4. The van der Waals surface area contributed by atoms with Crippen molar-refractivity contribution in [3.63, 3.8) is 0 Å². The topological polar surface area (TPSA) is 50.9 Å². The van der Waals surface area contributed by atoms with E-state index in [9.17, 15) is 5.11 Å². The zero-order valence-corrected chi connectivity index (χ0v) is 39.3. The van der Waals surface area contributed by atoms with E-state index in [1.165, 1.54) is 21.5 Å². The Balaban J connectivity index is 1.21. The van der Waals surface area contributed by atoms with E-state index < -0.39 is 0 Å². The van der Waals surface area contributed by atoms with E-state index in [4.69, 9.17) is 9.97 Å². The van der Waals surface area contributed by atoms with Crippen LogP contribution in [0.1, 0.15) is 52.7 Å². The fraction of sp³-hybridized carbons (Fsp3) is 0.125. The Kier molecular flexibility index (Phi) is 9.43. The first kappa shape index (κ1) is 41.4. The number of fused-ring (bicyclic) bond motifs is 11. The van der Waals surface area contributed by atoms with Crippen molar-refractivity contribution in [3.05, 3.63) is 205 Å². The molecule has 0 aliphatic carbocycles. The first-order valence-electron chi connectivity index (χ1n) is 23.6. The number of phenolic OH excluding ortho intramolecular Hbond substituents is 1. The lowest BCUT2D eigenvalue weighted by molar-refractivity contribution is 0.446. The van der Waals surface area contributed by atoms with Gasteiger partial charge in [-0.1, -0.05) is 175 Å². The van der Waals surface area contributed by atoms with E-state index in [2.05, 4.69) is 228 Å². The third-order valence-corrected chi connectivity index (χ3v) is 14.0. The van der Waals surface area contributed by atoms with Gasteiger partial charge in [0.25, 0.3) is 0 Å². The molecule has 4 heteroatoms. The molecular formula is C64H51N3O. The number of pyridine rings is 1. The van der Waals surface area contributed by atoms with Crippen molar-refractivity contribution >= 4 is 75.8 Å². The molecule has 10 aromatic carbocycles. The second-order valence-electron chi connectivity index (χ2n) is 20.5. The number of aromatic nitrogens is 3. The number of phenols is 1. The molecule has 0 amide bonds. The molecule has 0 saturated carbocycles. The number of hydrogen-bond acceptors (Lipinski definition) is 3. The van der Waals surface area contributed by atoms with Crippen LogP contribution < -0.4 is 0 Å². The van der Waals surface area contributed by atoms with Gasteiger partial charge in [0.2, 0.25) is 0 Å². The summed E-state index contributed by atoms with van der Waals surface area (Å²) in [4.78, 5) is 10.9. The molecule has 1 N–H and O–H groups in total. The molecule has 0 unspecified atom stereocenters. The quantitative estimate of drug-likeness (QED) is 0.192. The summed E-state index contributed by atoms with van der Waals surface area (Å²) in [5.41, 5.74) is 10.2. The van der Waals surface area contributed by atoms with Gasteiger partial charge in [-0.15, -0.1) is 0 Å². The molecule has 12 rings (SSSR count). The SMILES string of the molecule is CC(C)(C)c1cc(-c2nc3c(-c4cc5cc6c4cccc6c4cccc(c4)c4cccc(c4)c4cccc6cnc5cc64)cccc3n2-c2ccc(-c3ccccc3)cc2)c(O)c(C(C)(C)C)c1. The van der Waals surface area contributed by atoms with Gasteiger partial charge in [0.05, 0.1) is 22.1 Å². The Hall–Kier alpha value is -8.08. The fourth-order valence-electron chi connectivity index (χ4n) is 10.3. The maximum Gasteiger partial charge on any atom is 0.149 e. The number of aromatic hydroxyl groups is 1. The molecule has 12 aromatic rings. The molecule has 68 heavy (non-hydrogen) atoms. The van der Waals surface area contributed by atoms with Crippen molar-refractivity contribution in [2.75, 3.05) is 0 Å². The van der Waals surface area contributed by atoms with Gasteiger partial charge in [0.1, 0.15) is 11.6 Å². The third kappa shape index (κ3) is 6.90. The molecule has 0 fully saturated rings. The average Bonchev–Trinajstić information content (AvgIpc) is 3.75. The van der Waals surface area contributed by atoms with Crippen LogP contribution in [0.2, 0.25) is 0 Å². The molecular weight excluding hydrogens is 827 g/mol. The highest BCUT2D eigenvalue weighted by atomic mass is 16.3. The molecule has 0 saturated heterocycles. The van der Waals surface area contributed by atoms with Crippen molar-refractivity contribution < 1.29 is 5.11 Å². The molecule has 2 aromatic heterocycles. The number of para-hydroxylation sites is 1. The van der Waals surface area contributed by atoms with Crippen LogP contribution in [-0.2, 0) is 10.8 Å². The first-order valence-corrected chi connectivity index (χ1v) is 23.6. The lowest BCUT2D eigenvalue weighted by Crippen LogP contribution is -2.17. The predicted octanol–water partition coefficient (Wildman–Crippen LogP) is 17.2. The van der Waals surface area contributed by atoms with E-state index in [0.717, 1.165) is 93.3 Å². The molecule has 328 valence electrons. The van der Waals surface area contributed by atoms with Crippen molar-refractivity contribution in [1.82, 2.24) is 14.5 Å². The minimum absolute atomic E-state index is 0.183. The third-order valence-electron chi connectivity index (χ3n) is 14.0. The second-order valence-corrected chi connectivity index (χ2v) is 20.5. The van der Waals surface area contributed by atoms with Crippen LogP contribution in [0, 0.1) is 0 Å². The summed E-state index contributed by atoms with van der Waals surface area (Å²) >= 11 is 0. The zero-order valence-electron chi connectivity index (χ0n) is 39.3. The van der Waals surface area contributed by atoms with Crippen LogP contribution >= 0.6 is 0 Å². The number of nitrogens with zero attached hydrogens (tertiary/aromatic N) is 3. The molecule has 0 aliphatic rings. The van der Waals surface area contributed by atoms with Gasteiger partial charge in [-0.3, -0.25) is 9.55 Å². The van der Waals surface area contributed by atoms with E-state index in [1.807, 2.05) is 12.3 Å². The van der Waals surface area contributed by atoms with Crippen LogP contribution in [-0.4, -0.2) is 19.6 Å². The highest BCUT2D eigenvalue weighted by molar-refractivity contribution is 6.17. The smallest absolute Gasteiger partial charge is 0.149 e. The Labute approximate surface area is 396 Å². The Morgan fingerprint density at radius 1 is 0.426 bits per heavy atom. The highest BCUT2D eigenvalue weighted by Gasteiger charge is 2.29. The molecule has 4 nitrogen and oxygen atoms in total. The Bertz CT molecular complexity index is 4040. The molecule has 0 spiro atoms. The Morgan fingerprint density at radius 3 is 1.75 bits per heavy atom. The van der Waals surface area contributed by atoms with Crippen LogP contribution in [0.4, 0.5) is 0 Å². The summed E-state index contributed by atoms with van der Waals surface area (Å²) in [6, 6.07) is 68.0. The van der Waals surface area contributed by atoms with Gasteiger partial charge in [0, 0.05) is 33.8 Å². The molecule has 8 bridgehead atoms. The Morgan fingerprint density at radius 2 is 1.04 bits per heavy atom. The average molecular weight is 878 g/mol. The lowest BCUT2D eigenvalue weighted by atomic mass is 9.79. The minimum atomic E-state index is -0.324. The molecule has 0 aliphatic heterocycles. The normalized spacial score (nSPS) is 12.3. The first-order chi connectivity index (χ1) is 32.9. The van der Waals surface area contributed by atoms with Gasteiger partial charge in [-0.2, -0.15) is 0 Å². The van der Waals surface area contributed by atoms with E-state index in [0.29, 0.717) is 11.4 Å². The largest absolute Gasteiger partial charge is 0.507 e. The number of imidazole rings is 1. The van der Waals surface area contributed by atoms with Gasteiger partial charge in [-0.25, -0.2) is 4.98 Å². The highest BCUT2D eigenvalue weighted by Crippen LogP contribution is 2.46. The van der Waals surface area contributed by atoms with E-state index in [-0.39, 0.29) is 16.6 Å². The van der Waals surface area contributed by atoms with Gasteiger partial charge >= 0.3 is 0 Å².